The van der Waals surface area contributed by atoms with Gasteiger partial charge in [0.25, 0.3) is 0 Å². The lowest BCUT2D eigenvalue weighted by atomic mass is 9.97. The van der Waals surface area contributed by atoms with E-state index in [1.54, 1.807) is 0 Å². The molecule has 1 aliphatic carbocycles. The third kappa shape index (κ3) is 2.37. The monoisotopic (exact) mass is 287 g/mol. The first-order valence-electron chi connectivity index (χ1n) is 6.66. The normalized spacial score (nSPS) is 13.6. The number of nitrogens with zero attached hydrogens (tertiary/aromatic N) is 3. The van der Waals surface area contributed by atoms with E-state index in [1.807, 2.05) is 35.0 Å². The summed E-state index contributed by atoms with van der Waals surface area (Å²) in [4.78, 5) is 0. The summed E-state index contributed by atoms with van der Waals surface area (Å²) in [5.74, 6) is 0.594. The van der Waals surface area contributed by atoms with Gasteiger partial charge in [-0.05, 0) is 49.9 Å². The minimum absolute atomic E-state index is 0.0318. The quantitative estimate of drug-likeness (QED) is 0.870. The lowest BCUT2D eigenvalue weighted by Crippen LogP contribution is -2.07. The summed E-state index contributed by atoms with van der Waals surface area (Å²) in [6, 6.07) is 9.58. The second kappa shape index (κ2) is 5.56. The summed E-state index contributed by atoms with van der Waals surface area (Å²) in [5, 5.41) is 13.9. The van der Waals surface area contributed by atoms with E-state index in [4.69, 9.17) is 21.6 Å². The van der Waals surface area contributed by atoms with Gasteiger partial charge in [-0.2, -0.15) is 5.26 Å². The number of ether oxygens (including phenoxy) is 1. The van der Waals surface area contributed by atoms with Crippen molar-refractivity contribution in [3.63, 3.8) is 0 Å². The van der Waals surface area contributed by atoms with Crippen molar-refractivity contribution in [3.8, 4) is 17.6 Å². The van der Waals surface area contributed by atoms with Gasteiger partial charge in [0.05, 0.1) is 11.4 Å². The van der Waals surface area contributed by atoms with Crippen LogP contribution in [-0.4, -0.2) is 16.4 Å². The molecule has 0 saturated carbocycles. The Balaban J connectivity index is 2.04. The molecule has 0 saturated heterocycles. The predicted molar refractivity (Wildman–Crippen MR) is 76.3 cm³/mol. The Labute approximate surface area is 122 Å². The molecule has 0 radical (unpaired) electrons. The molecule has 1 aromatic carbocycles. The van der Waals surface area contributed by atoms with Crippen LogP contribution in [0.1, 0.15) is 24.1 Å². The second-order valence-electron chi connectivity index (χ2n) is 4.77. The molecule has 20 heavy (non-hydrogen) atoms. The summed E-state index contributed by atoms with van der Waals surface area (Å²) in [6.45, 7) is 0.0318. The molecule has 102 valence electrons. The SMILES string of the molecule is N#CCOc1nn(-c2ccc(Cl)cc2)c2c1CCCC2. The average Bonchev–Trinajstić information content (AvgIpc) is 2.85. The zero-order valence-corrected chi connectivity index (χ0v) is 11.7. The highest BCUT2D eigenvalue weighted by molar-refractivity contribution is 6.30. The Bertz CT molecular complexity index is 655. The van der Waals surface area contributed by atoms with Crippen molar-refractivity contribution in [2.75, 3.05) is 6.61 Å². The zero-order chi connectivity index (χ0) is 13.9. The van der Waals surface area contributed by atoms with E-state index in [9.17, 15) is 0 Å². The molecule has 0 amide bonds. The van der Waals surface area contributed by atoms with Crippen LogP contribution >= 0.6 is 11.6 Å². The molecule has 2 aromatic rings. The van der Waals surface area contributed by atoms with E-state index in [2.05, 4.69) is 5.10 Å². The van der Waals surface area contributed by atoms with Crippen LogP contribution in [0, 0.1) is 11.3 Å². The van der Waals surface area contributed by atoms with Gasteiger partial charge in [0.15, 0.2) is 6.61 Å². The first-order valence-corrected chi connectivity index (χ1v) is 7.04. The van der Waals surface area contributed by atoms with Crippen LogP contribution in [0.5, 0.6) is 5.88 Å². The maximum atomic E-state index is 8.66. The molecule has 0 atom stereocenters. The van der Waals surface area contributed by atoms with E-state index in [-0.39, 0.29) is 6.61 Å². The standard InChI is InChI=1S/C15H14ClN3O/c16-11-5-7-12(8-6-11)19-14-4-2-1-3-13(14)15(18-19)20-10-9-17/h5-8H,1-4,10H2. The summed E-state index contributed by atoms with van der Waals surface area (Å²) < 4.78 is 7.37. The van der Waals surface area contributed by atoms with Crippen LogP contribution in [0.25, 0.3) is 5.69 Å². The molecular weight excluding hydrogens is 274 g/mol. The van der Waals surface area contributed by atoms with Crippen LogP contribution < -0.4 is 4.74 Å². The van der Waals surface area contributed by atoms with Gasteiger partial charge in [-0.25, -0.2) is 4.68 Å². The fourth-order valence-electron chi connectivity index (χ4n) is 2.58. The second-order valence-corrected chi connectivity index (χ2v) is 5.21. The summed E-state index contributed by atoms with van der Waals surface area (Å²) in [5.41, 5.74) is 3.30. The number of rotatable bonds is 3. The summed E-state index contributed by atoms with van der Waals surface area (Å²) in [6.07, 6.45) is 4.25. The van der Waals surface area contributed by atoms with Gasteiger partial charge >= 0.3 is 0 Å². The minimum atomic E-state index is 0.0318. The Morgan fingerprint density at radius 2 is 2.00 bits per heavy atom. The van der Waals surface area contributed by atoms with Gasteiger partial charge in [-0.15, -0.1) is 5.10 Å². The molecule has 0 bridgehead atoms. The molecule has 5 heteroatoms. The Hall–Kier alpha value is -1.99. The first kappa shape index (κ1) is 13.0. The van der Waals surface area contributed by atoms with E-state index in [0.29, 0.717) is 10.9 Å². The maximum absolute atomic E-state index is 8.66. The molecular formula is C15H14ClN3O. The number of benzene rings is 1. The molecule has 0 unspecified atom stereocenters. The average molecular weight is 288 g/mol. The summed E-state index contributed by atoms with van der Waals surface area (Å²) in [7, 11) is 0. The van der Waals surface area contributed by atoms with Gasteiger partial charge in [0.1, 0.15) is 6.07 Å². The van der Waals surface area contributed by atoms with Gasteiger partial charge < -0.3 is 4.74 Å². The lowest BCUT2D eigenvalue weighted by molar-refractivity contribution is 0.346. The highest BCUT2D eigenvalue weighted by atomic mass is 35.5. The predicted octanol–water partition coefficient (Wildman–Crippen LogP) is 3.31. The van der Waals surface area contributed by atoms with Crippen molar-refractivity contribution in [3.05, 3.63) is 40.5 Å². The van der Waals surface area contributed by atoms with Crippen LogP contribution in [0.3, 0.4) is 0 Å². The molecule has 4 nitrogen and oxygen atoms in total. The van der Waals surface area contributed by atoms with Crippen molar-refractivity contribution in [2.24, 2.45) is 0 Å². The third-order valence-electron chi connectivity index (χ3n) is 3.49. The van der Waals surface area contributed by atoms with Crippen LogP contribution in [-0.2, 0) is 12.8 Å². The zero-order valence-electron chi connectivity index (χ0n) is 11.0. The van der Waals surface area contributed by atoms with Crippen molar-refractivity contribution in [1.29, 1.82) is 5.26 Å². The fourth-order valence-corrected chi connectivity index (χ4v) is 2.70. The molecule has 0 fully saturated rings. The van der Waals surface area contributed by atoms with E-state index in [0.717, 1.165) is 36.9 Å². The smallest absolute Gasteiger partial charge is 0.237 e. The Kier molecular flexibility index (Phi) is 3.62. The first-order chi connectivity index (χ1) is 9.79. The number of nitriles is 1. The van der Waals surface area contributed by atoms with Crippen molar-refractivity contribution < 1.29 is 4.74 Å². The molecule has 0 spiro atoms. The minimum Gasteiger partial charge on any atom is -0.461 e. The van der Waals surface area contributed by atoms with E-state index in [1.165, 1.54) is 5.69 Å². The Morgan fingerprint density at radius 1 is 1.25 bits per heavy atom. The van der Waals surface area contributed by atoms with Gasteiger partial charge in [-0.1, -0.05) is 11.6 Å². The fraction of sp³-hybridized carbons (Fsp3) is 0.333. The molecule has 1 aromatic heterocycles. The summed E-state index contributed by atoms with van der Waals surface area (Å²) >= 11 is 5.93. The van der Waals surface area contributed by atoms with Crippen molar-refractivity contribution >= 4 is 11.6 Å². The molecule has 1 aliphatic rings. The molecule has 1 heterocycles. The van der Waals surface area contributed by atoms with Gasteiger partial charge in [0.2, 0.25) is 5.88 Å². The maximum Gasteiger partial charge on any atom is 0.237 e. The largest absolute Gasteiger partial charge is 0.461 e. The number of aromatic nitrogens is 2. The Morgan fingerprint density at radius 3 is 2.75 bits per heavy atom. The van der Waals surface area contributed by atoms with E-state index < -0.39 is 0 Å². The molecule has 3 rings (SSSR count). The highest BCUT2D eigenvalue weighted by Gasteiger charge is 2.22. The van der Waals surface area contributed by atoms with Crippen LogP contribution in [0.15, 0.2) is 24.3 Å². The lowest BCUT2D eigenvalue weighted by Gasteiger charge is -2.13. The van der Waals surface area contributed by atoms with Gasteiger partial charge in [-0.3, -0.25) is 0 Å². The third-order valence-corrected chi connectivity index (χ3v) is 3.74. The number of halogens is 1. The van der Waals surface area contributed by atoms with Crippen molar-refractivity contribution in [2.45, 2.75) is 25.7 Å². The van der Waals surface area contributed by atoms with Gasteiger partial charge in [0, 0.05) is 10.6 Å². The topological polar surface area (TPSA) is 50.8 Å². The van der Waals surface area contributed by atoms with Crippen LogP contribution in [0.2, 0.25) is 5.02 Å². The number of hydrogen-bond acceptors (Lipinski definition) is 3. The van der Waals surface area contributed by atoms with E-state index >= 15 is 0 Å². The highest BCUT2D eigenvalue weighted by Crippen LogP contribution is 2.31. The number of hydrogen-bond donors (Lipinski definition) is 0. The van der Waals surface area contributed by atoms with Crippen molar-refractivity contribution in [1.82, 2.24) is 9.78 Å². The molecule has 0 aliphatic heterocycles. The van der Waals surface area contributed by atoms with Crippen LogP contribution in [0.4, 0.5) is 0 Å². The molecule has 0 N–H and O–H groups in total. The number of fused-ring (bicyclic) bond motifs is 1.